The number of sulfone groups is 2. The molecule has 0 spiro atoms. The van der Waals surface area contributed by atoms with E-state index in [0.717, 1.165) is 5.56 Å². The second kappa shape index (κ2) is 18.4. The van der Waals surface area contributed by atoms with Gasteiger partial charge in [0.15, 0.2) is 26.2 Å². The molecular weight excluding hydrogens is 814 g/mol. The molecule has 0 fully saturated rings. The van der Waals surface area contributed by atoms with Crippen LogP contribution in [0.2, 0.25) is 0 Å². The predicted octanol–water partition coefficient (Wildman–Crippen LogP) is 0.746. The van der Waals surface area contributed by atoms with E-state index < -0.39 is 63.9 Å². The van der Waals surface area contributed by atoms with Crippen molar-refractivity contribution in [2.24, 2.45) is 0 Å². The molecule has 1 aliphatic heterocycles. The number of benzene rings is 3. The molecule has 4 rings (SSSR count). The van der Waals surface area contributed by atoms with Gasteiger partial charge in [0.1, 0.15) is 29.0 Å². The third-order valence-corrected chi connectivity index (χ3v) is 12.6. The standard InChI is InChI=1S/C29H32ClNO12S4.H2O4S/c1-31(13-17-45(34,35)18-14-42-47(39,40)41)22-9-11-24-27(20-22)43-26-19-21(5-4-15-44(32,33)16-12-30)8-10-23(26)29(24)25-6-2-3-7-28(25)46(36,37)38;1-4-5(2)3/h2-3,6-11,19-20H,4-5,12-18H2,1H3,(H-,36,37,38,39,40,41);1H,(H,2,3)/p-1. The molecule has 0 saturated heterocycles. The lowest BCUT2D eigenvalue weighted by molar-refractivity contribution is -0.635. The molecule has 0 aromatic heterocycles. The summed E-state index contributed by atoms with van der Waals surface area (Å²) in [5, 5.41) is 9.59. The van der Waals surface area contributed by atoms with Gasteiger partial charge >= 0.3 is 10.4 Å². The highest BCUT2D eigenvalue weighted by Crippen LogP contribution is 2.42. The van der Waals surface area contributed by atoms with Crippen molar-refractivity contribution in [3.63, 3.8) is 0 Å². The fourth-order valence-corrected chi connectivity index (χ4v) is 8.91. The Labute approximate surface area is 307 Å². The van der Waals surface area contributed by atoms with E-state index in [1.807, 2.05) is 0 Å². The number of hydrogen-bond donors (Lipinski definition) is 2. The van der Waals surface area contributed by atoms with Crippen LogP contribution in [0.15, 0.2) is 70.0 Å². The van der Waals surface area contributed by atoms with Crippen LogP contribution < -0.4 is 15.2 Å². The summed E-state index contributed by atoms with van der Waals surface area (Å²) in [6, 6.07) is 16.2. The number of aryl methyl sites for hydroxylation is 1. The first-order valence-electron chi connectivity index (χ1n) is 14.7. The number of nitrogens with zero attached hydrogens (tertiary/aromatic N) is 1. The van der Waals surface area contributed by atoms with Crippen LogP contribution in [-0.2, 0) is 66.5 Å². The summed E-state index contributed by atoms with van der Waals surface area (Å²) in [6.07, 6.45) is 0.755. The van der Waals surface area contributed by atoms with Crippen LogP contribution in [-0.4, -0.2) is 101 Å². The Balaban J connectivity index is 0.00000136. The van der Waals surface area contributed by atoms with Gasteiger partial charge in [0.05, 0.1) is 41.3 Å². The Morgan fingerprint density at radius 3 is 2.13 bits per heavy atom. The van der Waals surface area contributed by atoms with E-state index in [2.05, 4.69) is 8.52 Å². The molecule has 2 N–H and O–H groups in total. The number of halogens is 1. The summed E-state index contributed by atoms with van der Waals surface area (Å²) in [5.74, 6) is -0.821. The molecule has 288 valence electrons. The first-order valence-corrected chi connectivity index (χ1v) is 22.7. The van der Waals surface area contributed by atoms with Gasteiger partial charge in [-0.05, 0) is 36.6 Å². The molecular formula is C29H33ClNO16S5-. The van der Waals surface area contributed by atoms with Gasteiger partial charge in [0.25, 0.3) is 10.1 Å². The van der Waals surface area contributed by atoms with Crippen LogP contribution in [0.25, 0.3) is 33.4 Å². The Morgan fingerprint density at radius 1 is 0.865 bits per heavy atom. The van der Waals surface area contributed by atoms with E-state index in [0.29, 0.717) is 46.1 Å². The van der Waals surface area contributed by atoms with Crippen molar-refractivity contribution in [1.82, 2.24) is 4.58 Å². The maximum atomic E-state index is 12.4. The molecule has 0 saturated carbocycles. The highest BCUT2D eigenvalue weighted by atomic mass is 35.5. The number of alkyl halides is 1. The lowest BCUT2D eigenvalue weighted by Crippen LogP contribution is -2.32. The minimum atomic E-state index is -4.77. The Kier molecular flexibility index (Phi) is 15.4. The summed E-state index contributed by atoms with van der Waals surface area (Å²) in [7, 11) is -14.8. The summed E-state index contributed by atoms with van der Waals surface area (Å²) in [6.45, 7) is -0.728. The van der Waals surface area contributed by atoms with Crippen LogP contribution in [0, 0.1) is 0 Å². The van der Waals surface area contributed by atoms with Crippen LogP contribution in [0.4, 0.5) is 0 Å². The van der Waals surface area contributed by atoms with E-state index >= 15 is 0 Å². The van der Waals surface area contributed by atoms with E-state index in [4.69, 9.17) is 34.6 Å². The molecule has 1 aliphatic carbocycles. The molecule has 1 atom stereocenters. The van der Waals surface area contributed by atoms with Gasteiger partial charge in [-0.15, -0.1) is 11.6 Å². The average molecular weight is 847 g/mol. The molecule has 0 amide bonds. The van der Waals surface area contributed by atoms with Crippen LogP contribution in [0.5, 0.6) is 0 Å². The average Bonchev–Trinajstić information content (AvgIpc) is 3.05. The zero-order chi connectivity index (χ0) is 38.9. The van der Waals surface area contributed by atoms with E-state index in [1.165, 1.54) is 12.1 Å². The summed E-state index contributed by atoms with van der Waals surface area (Å²) in [4.78, 5) is -0.313. The maximum absolute atomic E-state index is 12.4. The second-order valence-electron chi connectivity index (χ2n) is 11.0. The van der Waals surface area contributed by atoms with Gasteiger partial charge in [0, 0.05) is 34.0 Å². The van der Waals surface area contributed by atoms with E-state index in [1.54, 1.807) is 60.2 Å². The van der Waals surface area contributed by atoms with Gasteiger partial charge in [-0.3, -0.25) is 9.11 Å². The lowest BCUT2D eigenvalue weighted by atomic mass is 9.93. The third-order valence-electron chi connectivity index (χ3n) is 7.37. The highest BCUT2D eigenvalue weighted by Gasteiger charge is 2.24. The summed E-state index contributed by atoms with van der Waals surface area (Å²) >= 11 is 2.72. The fraction of sp³-hybridized carbons (Fsp3) is 0.345. The van der Waals surface area contributed by atoms with Crippen LogP contribution >= 0.6 is 11.6 Å². The van der Waals surface area contributed by atoms with Crippen molar-refractivity contribution in [2.45, 2.75) is 17.7 Å². The van der Waals surface area contributed by atoms with Gasteiger partial charge in [-0.1, -0.05) is 30.3 Å². The van der Waals surface area contributed by atoms with Crippen molar-refractivity contribution < 1.29 is 69.7 Å². The maximum Gasteiger partial charge on any atom is 0.397 e. The molecule has 2 aromatic rings. The lowest BCUT2D eigenvalue weighted by Gasteiger charge is -2.17. The predicted molar refractivity (Wildman–Crippen MR) is 188 cm³/mol. The van der Waals surface area contributed by atoms with Crippen LogP contribution in [0.3, 0.4) is 0 Å². The van der Waals surface area contributed by atoms with Crippen LogP contribution in [0.1, 0.15) is 12.0 Å². The zero-order valence-corrected chi connectivity index (χ0v) is 32.0. The number of rotatable bonds is 16. The summed E-state index contributed by atoms with van der Waals surface area (Å²) in [5.41, 5.74) is 2.31. The van der Waals surface area contributed by atoms with Crippen molar-refractivity contribution in [2.75, 3.05) is 49.1 Å². The SMILES string of the molecule is C[N+](CCS(=O)(=O)CCOS(=O)(=O)O)=c1ccc2c(-c3ccccc3S(=O)(=O)O)c3ccc(CCCS(=O)(=O)CCCl)cc3oc-2c1.O=S([O-])O[O-]. The number of fused-ring (bicyclic) bond motifs is 2. The first kappa shape index (κ1) is 43.5. The van der Waals surface area contributed by atoms with Crippen molar-refractivity contribution in [3.8, 4) is 22.5 Å². The molecule has 2 aliphatic rings. The monoisotopic (exact) mass is 846 g/mol. The minimum absolute atomic E-state index is 0.00250. The minimum Gasteiger partial charge on any atom is -0.750 e. The van der Waals surface area contributed by atoms with Gasteiger partial charge < -0.3 is 18.6 Å². The molecule has 0 radical (unpaired) electrons. The van der Waals surface area contributed by atoms with Crippen molar-refractivity contribution in [3.05, 3.63) is 71.6 Å². The first-order chi connectivity index (χ1) is 24.2. The van der Waals surface area contributed by atoms with Gasteiger partial charge in [0.2, 0.25) is 5.36 Å². The fourth-order valence-electron chi connectivity index (χ4n) is 4.99. The molecule has 0 bridgehead atoms. The van der Waals surface area contributed by atoms with Gasteiger partial charge in [-0.25, -0.2) is 29.8 Å². The smallest absolute Gasteiger partial charge is 0.397 e. The molecule has 17 nitrogen and oxygen atoms in total. The molecule has 23 heteroatoms. The van der Waals surface area contributed by atoms with E-state index in [9.17, 15) is 38.2 Å². The molecule has 52 heavy (non-hydrogen) atoms. The van der Waals surface area contributed by atoms with E-state index in [-0.39, 0.29) is 40.1 Å². The molecule has 2 aromatic carbocycles. The second-order valence-corrected chi connectivity index (χ2v) is 19.0. The quantitative estimate of drug-likeness (QED) is 0.0299. The number of hydrogen-bond acceptors (Lipinski definition) is 14. The molecule has 1 unspecified atom stereocenters. The Morgan fingerprint density at radius 2 is 1.52 bits per heavy atom. The topological polar surface area (TPSA) is 275 Å². The Hall–Kier alpha value is -2.87. The Bertz CT molecular complexity index is 2400. The summed E-state index contributed by atoms with van der Waals surface area (Å²) < 4.78 is 146. The zero-order valence-electron chi connectivity index (χ0n) is 27.1. The highest BCUT2D eigenvalue weighted by molar-refractivity contribution is 7.91. The van der Waals surface area contributed by atoms with Gasteiger partial charge in [-0.2, -0.15) is 16.8 Å². The third kappa shape index (κ3) is 13.2. The normalized spacial score (nSPS) is 13.8. The van der Waals surface area contributed by atoms with Crippen molar-refractivity contribution >= 4 is 74.1 Å². The largest absolute Gasteiger partial charge is 0.750 e. The molecule has 1 heterocycles. The van der Waals surface area contributed by atoms with Crippen molar-refractivity contribution in [1.29, 1.82) is 0 Å².